The third-order valence-corrected chi connectivity index (χ3v) is 5.78. The Labute approximate surface area is 163 Å². The Bertz CT molecular complexity index is 1060. The van der Waals surface area contributed by atoms with E-state index in [9.17, 15) is 0 Å². The van der Waals surface area contributed by atoms with Gasteiger partial charge in [0.25, 0.3) is 0 Å². The van der Waals surface area contributed by atoms with Crippen molar-refractivity contribution in [1.29, 1.82) is 0 Å². The molecular formula is C18H10Cl3N3S. The van der Waals surface area contributed by atoms with Gasteiger partial charge in [-0.1, -0.05) is 65.1 Å². The van der Waals surface area contributed by atoms with Crippen LogP contribution in [0.15, 0.2) is 54.9 Å². The summed E-state index contributed by atoms with van der Waals surface area (Å²) in [6, 6.07) is 15.5. The first kappa shape index (κ1) is 16.6. The van der Waals surface area contributed by atoms with Gasteiger partial charge in [0.2, 0.25) is 0 Å². The Balaban J connectivity index is 1.78. The van der Waals surface area contributed by atoms with Crippen molar-refractivity contribution >= 4 is 67.9 Å². The molecule has 25 heavy (non-hydrogen) atoms. The van der Waals surface area contributed by atoms with Crippen molar-refractivity contribution in [3.05, 3.63) is 69.9 Å². The maximum Gasteiger partial charge on any atom is 0.142 e. The second kappa shape index (κ2) is 6.81. The number of nitrogens with one attached hydrogen (secondary N) is 1. The van der Waals surface area contributed by atoms with Crippen molar-refractivity contribution in [1.82, 2.24) is 9.97 Å². The summed E-state index contributed by atoms with van der Waals surface area (Å²) in [4.78, 5) is 10.7. The van der Waals surface area contributed by atoms with Crippen LogP contribution in [0, 0.1) is 0 Å². The fraction of sp³-hybridized carbons (Fsp3) is 0. The SMILES string of the molecule is Clc1cc(Cl)c(Nc2ncnc3sc(-c4ccccc4)cc23)cc1Cl. The minimum absolute atomic E-state index is 0.409. The van der Waals surface area contributed by atoms with Crippen molar-refractivity contribution in [3.8, 4) is 10.4 Å². The topological polar surface area (TPSA) is 37.8 Å². The number of benzene rings is 2. The molecule has 2 heterocycles. The first-order valence-corrected chi connectivity index (χ1v) is 9.28. The number of thiophene rings is 1. The molecule has 124 valence electrons. The van der Waals surface area contributed by atoms with Crippen LogP contribution in [-0.4, -0.2) is 9.97 Å². The van der Waals surface area contributed by atoms with Crippen molar-refractivity contribution in [2.45, 2.75) is 0 Å². The summed E-state index contributed by atoms with van der Waals surface area (Å²) in [6.07, 6.45) is 1.53. The van der Waals surface area contributed by atoms with Crippen molar-refractivity contribution in [3.63, 3.8) is 0 Å². The van der Waals surface area contributed by atoms with Gasteiger partial charge in [-0.05, 0) is 23.8 Å². The second-order valence-electron chi connectivity index (χ2n) is 5.29. The predicted molar refractivity (Wildman–Crippen MR) is 108 cm³/mol. The van der Waals surface area contributed by atoms with Crippen LogP contribution in [0.5, 0.6) is 0 Å². The van der Waals surface area contributed by atoms with Crippen LogP contribution < -0.4 is 5.32 Å². The molecule has 0 amide bonds. The van der Waals surface area contributed by atoms with Crippen LogP contribution in [0.25, 0.3) is 20.7 Å². The molecule has 0 spiro atoms. The number of anilines is 2. The lowest BCUT2D eigenvalue weighted by Gasteiger charge is -2.09. The van der Waals surface area contributed by atoms with Gasteiger partial charge >= 0.3 is 0 Å². The molecule has 0 radical (unpaired) electrons. The summed E-state index contributed by atoms with van der Waals surface area (Å²) in [5.41, 5.74) is 1.78. The third-order valence-electron chi connectivity index (χ3n) is 3.65. The van der Waals surface area contributed by atoms with E-state index >= 15 is 0 Å². The first-order valence-electron chi connectivity index (χ1n) is 7.33. The van der Waals surface area contributed by atoms with Crippen molar-refractivity contribution < 1.29 is 0 Å². The van der Waals surface area contributed by atoms with Gasteiger partial charge in [-0.15, -0.1) is 11.3 Å². The van der Waals surface area contributed by atoms with Crippen molar-refractivity contribution in [2.24, 2.45) is 0 Å². The molecule has 2 aromatic heterocycles. The molecule has 7 heteroatoms. The standard InChI is InChI=1S/C18H10Cl3N3S/c19-12-7-14(21)15(8-13(12)20)24-17-11-6-16(10-4-2-1-3-5-10)25-18(11)23-9-22-17/h1-9H,(H,22,23,24). The molecule has 0 saturated heterocycles. The molecule has 0 bridgehead atoms. The first-order chi connectivity index (χ1) is 12.1. The summed E-state index contributed by atoms with van der Waals surface area (Å²) < 4.78 is 0. The van der Waals surface area contributed by atoms with Crippen LogP contribution in [-0.2, 0) is 0 Å². The fourth-order valence-electron chi connectivity index (χ4n) is 2.45. The second-order valence-corrected chi connectivity index (χ2v) is 7.54. The summed E-state index contributed by atoms with van der Waals surface area (Å²) >= 11 is 20.0. The van der Waals surface area contributed by atoms with Gasteiger partial charge < -0.3 is 5.32 Å². The van der Waals surface area contributed by atoms with Crippen LogP contribution >= 0.6 is 46.1 Å². The molecule has 0 unspecified atom stereocenters. The number of nitrogens with zero attached hydrogens (tertiary/aromatic N) is 2. The van der Waals surface area contributed by atoms with E-state index in [0.29, 0.717) is 26.6 Å². The van der Waals surface area contributed by atoms with Crippen molar-refractivity contribution in [2.75, 3.05) is 5.32 Å². The van der Waals surface area contributed by atoms with E-state index in [1.54, 1.807) is 23.5 Å². The highest BCUT2D eigenvalue weighted by Gasteiger charge is 2.12. The number of rotatable bonds is 3. The van der Waals surface area contributed by atoms with Crippen LogP contribution in [0.3, 0.4) is 0 Å². The highest BCUT2D eigenvalue weighted by Crippen LogP contribution is 2.38. The van der Waals surface area contributed by atoms with E-state index in [1.165, 1.54) is 6.33 Å². The van der Waals surface area contributed by atoms with Gasteiger partial charge in [0.05, 0.1) is 26.1 Å². The molecule has 0 aliphatic heterocycles. The van der Waals surface area contributed by atoms with Gasteiger partial charge in [-0.25, -0.2) is 9.97 Å². The molecule has 2 aromatic carbocycles. The summed E-state index contributed by atoms with van der Waals surface area (Å²) in [6.45, 7) is 0. The summed E-state index contributed by atoms with van der Waals surface area (Å²) in [7, 11) is 0. The monoisotopic (exact) mass is 405 g/mol. The maximum absolute atomic E-state index is 6.26. The average Bonchev–Trinajstić information content (AvgIpc) is 3.06. The molecule has 1 N–H and O–H groups in total. The van der Waals surface area contributed by atoms with Crippen LogP contribution in [0.1, 0.15) is 0 Å². The summed E-state index contributed by atoms with van der Waals surface area (Å²) in [5, 5.41) is 5.46. The van der Waals surface area contributed by atoms with E-state index in [-0.39, 0.29) is 0 Å². The average molecular weight is 407 g/mol. The van der Waals surface area contributed by atoms with E-state index in [0.717, 1.165) is 20.7 Å². The zero-order valence-corrected chi connectivity index (χ0v) is 15.7. The fourth-order valence-corrected chi connectivity index (χ4v) is 4.04. The minimum atomic E-state index is 0.409. The number of hydrogen-bond donors (Lipinski definition) is 1. The lowest BCUT2D eigenvalue weighted by atomic mass is 10.2. The van der Waals surface area contributed by atoms with Gasteiger partial charge in [0, 0.05) is 4.88 Å². The maximum atomic E-state index is 6.26. The Morgan fingerprint density at radius 1 is 0.840 bits per heavy atom. The quantitative estimate of drug-likeness (QED) is 0.370. The van der Waals surface area contributed by atoms with Crippen LogP contribution in [0.4, 0.5) is 11.5 Å². The molecule has 0 fully saturated rings. The number of fused-ring (bicyclic) bond motifs is 1. The lowest BCUT2D eigenvalue weighted by Crippen LogP contribution is -1.95. The van der Waals surface area contributed by atoms with Crippen LogP contribution in [0.2, 0.25) is 15.1 Å². The molecule has 0 atom stereocenters. The normalized spacial score (nSPS) is 11.0. The van der Waals surface area contributed by atoms with Gasteiger partial charge in [0.1, 0.15) is 17.0 Å². The molecule has 4 aromatic rings. The van der Waals surface area contributed by atoms with E-state index < -0.39 is 0 Å². The largest absolute Gasteiger partial charge is 0.338 e. The highest BCUT2D eigenvalue weighted by atomic mass is 35.5. The molecule has 3 nitrogen and oxygen atoms in total. The number of aromatic nitrogens is 2. The lowest BCUT2D eigenvalue weighted by molar-refractivity contribution is 1.23. The third kappa shape index (κ3) is 3.31. The minimum Gasteiger partial charge on any atom is -0.338 e. The molecule has 4 rings (SSSR count). The van der Waals surface area contributed by atoms with Gasteiger partial charge in [-0.2, -0.15) is 0 Å². The van der Waals surface area contributed by atoms with Gasteiger partial charge in [0.15, 0.2) is 0 Å². The Hall–Kier alpha value is -1.85. The van der Waals surface area contributed by atoms with Gasteiger partial charge in [-0.3, -0.25) is 0 Å². The Morgan fingerprint density at radius 3 is 2.40 bits per heavy atom. The van der Waals surface area contributed by atoms with E-state index in [4.69, 9.17) is 34.8 Å². The zero-order chi connectivity index (χ0) is 17.4. The Morgan fingerprint density at radius 2 is 1.60 bits per heavy atom. The number of halogens is 3. The Kier molecular flexibility index (Phi) is 4.52. The predicted octanol–water partition coefficient (Wildman–Crippen LogP) is 7.06. The van der Waals surface area contributed by atoms with E-state index in [1.807, 2.05) is 18.2 Å². The number of hydrogen-bond acceptors (Lipinski definition) is 4. The molecular weight excluding hydrogens is 397 g/mol. The molecule has 0 aliphatic carbocycles. The summed E-state index contributed by atoms with van der Waals surface area (Å²) in [5.74, 6) is 0.670. The zero-order valence-electron chi connectivity index (χ0n) is 12.6. The van der Waals surface area contributed by atoms with E-state index in [2.05, 4.69) is 33.5 Å². The molecule has 0 aliphatic rings. The smallest absolute Gasteiger partial charge is 0.142 e. The highest BCUT2D eigenvalue weighted by molar-refractivity contribution is 7.21. The molecule has 0 saturated carbocycles.